The predicted octanol–water partition coefficient (Wildman–Crippen LogP) is 4.52. The van der Waals surface area contributed by atoms with Gasteiger partial charge in [0.1, 0.15) is 22.5 Å². The van der Waals surface area contributed by atoms with Crippen molar-refractivity contribution in [2.75, 3.05) is 0 Å². The minimum absolute atomic E-state index is 0.370. The summed E-state index contributed by atoms with van der Waals surface area (Å²) in [5.74, 6) is 1.08. The maximum atomic E-state index is 11.6. The Bertz CT molecular complexity index is 1140. The third-order valence-electron chi connectivity index (χ3n) is 4.07. The fourth-order valence-electron chi connectivity index (χ4n) is 2.71. The summed E-state index contributed by atoms with van der Waals surface area (Å²) >= 11 is 1.62. The summed E-state index contributed by atoms with van der Waals surface area (Å²) in [7, 11) is 0. The van der Waals surface area contributed by atoms with Crippen LogP contribution in [0.15, 0.2) is 39.8 Å². The molecule has 24 heavy (non-hydrogen) atoms. The van der Waals surface area contributed by atoms with Crippen LogP contribution in [0.5, 0.6) is 11.6 Å². The number of rotatable bonds is 2. The summed E-state index contributed by atoms with van der Waals surface area (Å²) in [6, 6.07) is 6.92. The maximum Gasteiger partial charge on any atom is 0.336 e. The Morgan fingerprint density at radius 3 is 2.79 bits per heavy atom. The number of aromatic nitrogens is 2. The zero-order valence-electron chi connectivity index (χ0n) is 13.4. The van der Waals surface area contributed by atoms with Crippen LogP contribution >= 0.6 is 11.3 Å². The molecule has 0 aliphatic heterocycles. The van der Waals surface area contributed by atoms with Gasteiger partial charge in [-0.15, -0.1) is 11.3 Å². The van der Waals surface area contributed by atoms with Gasteiger partial charge < -0.3 is 9.15 Å². The van der Waals surface area contributed by atoms with Crippen molar-refractivity contribution in [1.29, 1.82) is 0 Å². The van der Waals surface area contributed by atoms with Crippen LogP contribution in [0.1, 0.15) is 16.0 Å². The maximum absolute atomic E-state index is 11.6. The predicted molar refractivity (Wildman–Crippen MR) is 94.2 cm³/mol. The van der Waals surface area contributed by atoms with E-state index in [1.54, 1.807) is 17.4 Å². The minimum atomic E-state index is -0.370. The number of hydrogen-bond donors (Lipinski definition) is 0. The zero-order valence-corrected chi connectivity index (χ0v) is 14.2. The summed E-state index contributed by atoms with van der Waals surface area (Å²) in [5, 5.41) is 1.81. The SMILES string of the molecule is Cc1sc2ncnc(Oc3ccc4c(C)cc(=O)oc4c3)c2c1C. The Balaban J connectivity index is 1.84. The van der Waals surface area contributed by atoms with E-state index >= 15 is 0 Å². The Kier molecular flexibility index (Phi) is 3.35. The van der Waals surface area contributed by atoms with Crippen molar-refractivity contribution < 1.29 is 9.15 Å². The van der Waals surface area contributed by atoms with Gasteiger partial charge in [0, 0.05) is 22.4 Å². The first-order valence-corrected chi connectivity index (χ1v) is 8.27. The second-order valence-electron chi connectivity index (χ2n) is 5.65. The zero-order chi connectivity index (χ0) is 16.8. The molecular formula is C18H14N2O3S. The molecule has 0 N–H and O–H groups in total. The number of nitrogens with zero attached hydrogens (tertiary/aromatic N) is 2. The topological polar surface area (TPSA) is 65.2 Å². The smallest absolute Gasteiger partial charge is 0.336 e. The summed E-state index contributed by atoms with van der Waals surface area (Å²) in [6.45, 7) is 5.97. The van der Waals surface area contributed by atoms with Crippen molar-refractivity contribution in [3.05, 3.63) is 57.0 Å². The van der Waals surface area contributed by atoms with Gasteiger partial charge >= 0.3 is 5.63 Å². The number of benzene rings is 1. The average Bonchev–Trinajstić information content (AvgIpc) is 2.82. The van der Waals surface area contributed by atoms with Gasteiger partial charge in [0.2, 0.25) is 5.88 Å². The van der Waals surface area contributed by atoms with E-state index in [1.165, 1.54) is 17.3 Å². The van der Waals surface area contributed by atoms with Crippen molar-refractivity contribution in [2.24, 2.45) is 0 Å². The monoisotopic (exact) mass is 338 g/mol. The first kappa shape index (κ1) is 14.8. The molecule has 0 unspecified atom stereocenters. The average molecular weight is 338 g/mol. The molecule has 0 fully saturated rings. The highest BCUT2D eigenvalue weighted by molar-refractivity contribution is 7.18. The lowest BCUT2D eigenvalue weighted by Crippen LogP contribution is -1.98. The van der Waals surface area contributed by atoms with Crippen LogP contribution in [-0.4, -0.2) is 9.97 Å². The molecule has 0 atom stereocenters. The third kappa shape index (κ3) is 2.35. The molecule has 3 heterocycles. The molecule has 1 aromatic carbocycles. The van der Waals surface area contributed by atoms with Gasteiger partial charge in [-0.2, -0.15) is 0 Å². The summed E-state index contributed by atoms with van der Waals surface area (Å²) in [4.78, 5) is 22.2. The van der Waals surface area contributed by atoms with Crippen LogP contribution in [0, 0.1) is 20.8 Å². The molecule has 0 radical (unpaired) electrons. The Hall–Kier alpha value is -2.73. The number of thiophene rings is 1. The highest BCUT2D eigenvalue weighted by atomic mass is 32.1. The largest absolute Gasteiger partial charge is 0.438 e. The fraction of sp³-hybridized carbons (Fsp3) is 0.167. The number of ether oxygens (including phenoxy) is 1. The van der Waals surface area contributed by atoms with Crippen molar-refractivity contribution in [3.63, 3.8) is 0 Å². The number of fused-ring (bicyclic) bond motifs is 2. The van der Waals surface area contributed by atoms with E-state index in [4.69, 9.17) is 9.15 Å². The van der Waals surface area contributed by atoms with E-state index in [2.05, 4.69) is 16.9 Å². The Morgan fingerprint density at radius 2 is 1.96 bits per heavy atom. The van der Waals surface area contributed by atoms with E-state index in [1.807, 2.05) is 26.0 Å². The lowest BCUT2D eigenvalue weighted by molar-refractivity contribution is 0.466. The van der Waals surface area contributed by atoms with Crippen molar-refractivity contribution in [1.82, 2.24) is 9.97 Å². The third-order valence-corrected chi connectivity index (χ3v) is 5.18. The minimum Gasteiger partial charge on any atom is -0.438 e. The quantitative estimate of drug-likeness (QED) is 0.503. The second-order valence-corrected chi connectivity index (χ2v) is 6.85. The van der Waals surface area contributed by atoms with E-state index < -0.39 is 0 Å². The molecule has 0 bridgehead atoms. The molecule has 0 spiro atoms. The van der Waals surface area contributed by atoms with Crippen LogP contribution in [0.4, 0.5) is 0 Å². The molecule has 0 amide bonds. The second kappa shape index (κ2) is 5.42. The van der Waals surface area contributed by atoms with Crippen LogP contribution in [0.3, 0.4) is 0 Å². The van der Waals surface area contributed by atoms with Crippen molar-refractivity contribution in [3.8, 4) is 11.6 Å². The van der Waals surface area contributed by atoms with E-state index in [0.717, 1.165) is 26.7 Å². The van der Waals surface area contributed by atoms with Gasteiger partial charge in [-0.25, -0.2) is 14.8 Å². The lowest BCUT2D eigenvalue weighted by atomic mass is 10.1. The van der Waals surface area contributed by atoms with Gasteiger partial charge in [0.25, 0.3) is 0 Å². The van der Waals surface area contributed by atoms with Crippen molar-refractivity contribution in [2.45, 2.75) is 20.8 Å². The number of aryl methyl sites for hydroxylation is 3. The van der Waals surface area contributed by atoms with Crippen LogP contribution in [0.2, 0.25) is 0 Å². The molecule has 3 aromatic heterocycles. The first-order chi connectivity index (χ1) is 11.5. The molecule has 5 nitrogen and oxygen atoms in total. The molecule has 0 saturated carbocycles. The van der Waals surface area contributed by atoms with E-state index in [0.29, 0.717) is 17.2 Å². The van der Waals surface area contributed by atoms with E-state index in [9.17, 15) is 4.79 Å². The van der Waals surface area contributed by atoms with E-state index in [-0.39, 0.29) is 5.63 Å². The van der Waals surface area contributed by atoms with Gasteiger partial charge in [-0.1, -0.05) is 0 Å². The van der Waals surface area contributed by atoms with Crippen LogP contribution in [0.25, 0.3) is 21.2 Å². The summed E-state index contributed by atoms with van der Waals surface area (Å²) in [6.07, 6.45) is 1.50. The molecule has 0 aliphatic rings. The highest BCUT2D eigenvalue weighted by Crippen LogP contribution is 2.36. The highest BCUT2D eigenvalue weighted by Gasteiger charge is 2.14. The molecular weight excluding hydrogens is 324 g/mol. The molecule has 4 rings (SSSR count). The standard InChI is InChI=1S/C18H14N2O3S/c1-9-6-15(21)23-14-7-12(4-5-13(9)14)22-17-16-10(2)11(3)24-18(16)20-8-19-17/h4-8H,1-3H3. The molecule has 4 aromatic rings. The molecule has 0 aliphatic carbocycles. The molecule has 0 saturated heterocycles. The molecule has 120 valence electrons. The number of hydrogen-bond acceptors (Lipinski definition) is 6. The first-order valence-electron chi connectivity index (χ1n) is 7.46. The Morgan fingerprint density at radius 1 is 1.12 bits per heavy atom. The van der Waals surface area contributed by atoms with Gasteiger partial charge in [0.05, 0.1) is 5.39 Å². The van der Waals surface area contributed by atoms with Crippen LogP contribution < -0.4 is 10.4 Å². The summed E-state index contributed by atoms with van der Waals surface area (Å²) < 4.78 is 11.2. The summed E-state index contributed by atoms with van der Waals surface area (Å²) in [5.41, 5.74) is 2.13. The normalized spacial score (nSPS) is 11.3. The Labute approximate surface area is 141 Å². The van der Waals surface area contributed by atoms with Gasteiger partial charge in [-0.05, 0) is 44.0 Å². The fourth-order valence-corrected chi connectivity index (χ4v) is 3.70. The van der Waals surface area contributed by atoms with Crippen molar-refractivity contribution >= 4 is 32.5 Å². The van der Waals surface area contributed by atoms with Gasteiger partial charge in [-0.3, -0.25) is 0 Å². The molecule has 6 heteroatoms. The van der Waals surface area contributed by atoms with Gasteiger partial charge in [0.15, 0.2) is 0 Å². The van der Waals surface area contributed by atoms with Crippen LogP contribution in [-0.2, 0) is 0 Å². The lowest BCUT2D eigenvalue weighted by Gasteiger charge is -2.07.